The summed E-state index contributed by atoms with van der Waals surface area (Å²) in [6.45, 7) is 3.75. The van der Waals surface area contributed by atoms with E-state index >= 15 is 0 Å². The molecule has 0 unspecified atom stereocenters. The van der Waals surface area contributed by atoms with Crippen molar-refractivity contribution in [3.63, 3.8) is 0 Å². The predicted molar refractivity (Wildman–Crippen MR) is 162 cm³/mol. The smallest absolute Gasteiger partial charge is 0.339 e. The number of ether oxygens (including phenoxy) is 1. The van der Waals surface area contributed by atoms with E-state index in [4.69, 9.17) is 9.72 Å². The van der Waals surface area contributed by atoms with Crippen molar-refractivity contribution in [2.45, 2.75) is 45.6 Å². The first-order chi connectivity index (χ1) is 20.8. The van der Waals surface area contributed by atoms with Gasteiger partial charge in [-0.05, 0) is 74.8 Å². The third-order valence-corrected chi connectivity index (χ3v) is 9.50. The van der Waals surface area contributed by atoms with Gasteiger partial charge in [-0.15, -0.1) is 0 Å². The number of carbonyl (C=O) groups excluding carboxylic acids is 4. The molecule has 1 aromatic heterocycles. The van der Waals surface area contributed by atoms with Crippen molar-refractivity contribution in [1.82, 2.24) is 4.98 Å². The molecule has 43 heavy (non-hydrogen) atoms. The van der Waals surface area contributed by atoms with Gasteiger partial charge in [0, 0.05) is 16.5 Å². The van der Waals surface area contributed by atoms with Crippen LogP contribution in [0.15, 0.2) is 78.9 Å². The molecule has 7 rings (SSSR count). The van der Waals surface area contributed by atoms with Gasteiger partial charge in [-0.1, -0.05) is 61.0 Å². The number of nitrogens with zero attached hydrogens (tertiary/aromatic N) is 2. The first-order valence-corrected chi connectivity index (χ1v) is 15.0. The van der Waals surface area contributed by atoms with E-state index in [1.807, 2.05) is 50.2 Å². The lowest BCUT2D eigenvalue weighted by molar-refractivity contribution is -0.123. The molecule has 2 bridgehead atoms. The van der Waals surface area contributed by atoms with Gasteiger partial charge in [0.05, 0.1) is 34.3 Å². The van der Waals surface area contributed by atoms with Crippen molar-refractivity contribution in [3.05, 3.63) is 95.6 Å². The Balaban J connectivity index is 1.19. The Morgan fingerprint density at radius 3 is 2.23 bits per heavy atom. The molecule has 5 atom stereocenters. The zero-order chi connectivity index (χ0) is 29.8. The number of ketones is 1. The van der Waals surface area contributed by atoms with Gasteiger partial charge >= 0.3 is 5.97 Å². The van der Waals surface area contributed by atoms with Crippen LogP contribution in [-0.4, -0.2) is 34.7 Å². The normalized spacial score (nSPS) is 23.1. The van der Waals surface area contributed by atoms with Gasteiger partial charge in [-0.25, -0.2) is 9.78 Å². The van der Waals surface area contributed by atoms with E-state index in [1.165, 1.54) is 4.90 Å². The number of rotatable bonds is 7. The second-order valence-electron chi connectivity index (χ2n) is 12.1. The summed E-state index contributed by atoms with van der Waals surface area (Å²) in [5.74, 6) is -0.684. The Labute approximate surface area is 249 Å². The second kappa shape index (κ2) is 10.6. The highest BCUT2D eigenvalue weighted by atomic mass is 16.5. The number of Topliss-reactive ketones (excluding diaryl/α,β-unsaturated/α-hetero) is 1. The fourth-order valence-corrected chi connectivity index (χ4v) is 7.40. The quantitative estimate of drug-likeness (QED) is 0.141. The standard InChI is InChI=1S/C36H32N2O5/c1-3-30(33(39)22-7-5-4-6-8-22)43-36(42)27-19-29(37-28-16-9-20(2)17-26(27)28)21-12-14-25(15-13-21)38-34(40)31-23-10-11-24(18-23)32(31)35(38)41/h4-9,12-17,19,23-24,30-32H,3,10-11,18H2,1-2H3/t23-,24-,30-,31-,32-/m0/s1. The maximum absolute atomic E-state index is 13.6. The number of hydrogen-bond donors (Lipinski definition) is 0. The largest absolute Gasteiger partial charge is 0.450 e. The summed E-state index contributed by atoms with van der Waals surface area (Å²) < 4.78 is 5.81. The number of aryl methyl sites for hydroxylation is 1. The van der Waals surface area contributed by atoms with Crippen LogP contribution in [0, 0.1) is 30.6 Å². The zero-order valence-corrected chi connectivity index (χ0v) is 24.2. The minimum atomic E-state index is -0.920. The lowest BCUT2D eigenvalue weighted by atomic mass is 9.81. The minimum Gasteiger partial charge on any atom is -0.450 e. The fourth-order valence-electron chi connectivity index (χ4n) is 7.40. The maximum Gasteiger partial charge on any atom is 0.339 e. The molecule has 2 saturated carbocycles. The van der Waals surface area contributed by atoms with Crippen LogP contribution < -0.4 is 4.90 Å². The van der Waals surface area contributed by atoms with Gasteiger partial charge < -0.3 is 4.74 Å². The summed E-state index contributed by atoms with van der Waals surface area (Å²) in [5.41, 5.74) is 4.23. The molecule has 1 saturated heterocycles. The molecule has 2 aliphatic carbocycles. The average molecular weight is 573 g/mol. The number of benzene rings is 3. The molecule has 3 aromatic carbocycles. The van der Waals surface area contributed by atoms with Crippen LogP contribution in [0.4, 0.5) is 5.69 Å². The Morgan fingerprint density at radius 1 is 0.907 bits per heavy atom. The first-order valence-electron chi connectivity index (χ1n) is 15.0. The molecule has 3 aliphatic rings. The number of aromatic nitrogens is 1. The van der Waals surface area contributed by atoms with Crippen LogP contribution in [0.2, 0.25) is 0 Å². The lowest BCUT2D eigenvalue weighted by Crippen LogP contribution is -2.32. The highest BCUT2D eigenvalue weighted by Gasteiger charge is 2.61. The molecule has 1 aliphatic heterocycles. The predicted octanol–water partition coefficient (Wildman–Crippen LogP) is 6.56. The highest BCUT2D eigenvalue weighted by Crippen LogP contribution is 2.56. The number of pyridine rings is 1. The topological polar surface area (TPSA) is 93.6 Å². The molecule has 2 heterocycles. The van der Waals surface area contributed by atoms with Gasteiger partial charge in [0.15, 0.2) is 6.10 Å². The Hall–Kier alpha value is -4.65. The minimum absolute atomic E-state index is 0.0743. The van der Waals surface area contributed by atoms with Gasteiger partial charge in [0.2, 0.25) is 17.6 Å². The van der Waals surface area contributed by atoms with E-state index in [0.717, 1.165) is 30.4 Å². The molecule has 4 aromatic rings. The van der Waals surface area contributed by atoms with Crippen molar-refractivity contribution in [2.75, 3.05) is 4.90 Å². The molecular formula is C36H32N2O5. The van der Waals surface area contributed by atoms with Crippen LogP contribution >= 0.6 is 0 Å². The van der Waals surface area contributed by atoms with E-state index in [9.17, 15) is 19.2 Å². The molecule has 216 valence electrons. The second-order valence-corrected chi connectivity index (χ2v) is 12.1. The molecule has 7 nitrogen and oxygen atoms in total. The first kappa shape index (κ1) is 27.2. The molecule has 0 N–H and O–H groups in total. The Morgan fingerprint density at radius 2 is 1.58 bits per heavy atom. The number of amides is 2. The van der Waals surface area contributed by atoms with Gasteiger partial charge in [0.1, 0.15) is 0 Å². The molecule has 0 spiro atoms. The number of carbonyl (C=O) groups is 4. The molecular weight excluding hydrogens is 540 g/mol. The molecule has 0 radical (unpaired) electrons. The third kappa shape index (κ3) is 4.54. The van der Waals surface area contributed by atoms with Crippen LogP contribution in [-0.2, 0) is 14.3 Å². The summed E-state index contributed by atoms with van der Waals surface area (Å²) in [7, 11) is 0. The average Bonchev–Trinajstić information content (AvgIpc) is 3.72. The van der Waals surface area contributed by atoms with Crippen molar-refractivity contribution < 1.29 is 23.9 Å². The van der Waals surface area contributed by atoms with E-state index in [1.54, 1.807) is 42.5 Å². The maximum atomic E-state index is 13.6. The summed E-state index contributed by atoms with van der Waals surface area (Å²) in [6.07, 6.45) is 2.49. The Kier molecular flexibility index (Phi) is 6.68. The Bertz CT molecular complexity index is 1750. The summed E-state index contributed by atoms with van der Waals surface area (Å²) >= 11 is 0. The van der Waals surface area contributed by atoms with Crippen LogP contribution in [0.5, 0.6) is 0 Å². The van der Waals surface area contributed by atoms with Crippen molar-refractivity contribution in [3.8, 4) is 11.3 Å². The molecule has 7 heteroatoms. The fraction of sp³-hybridized carbons (Fsp3) is 0.306. The summed E-state index contributed by atoms with van der Waals surface area (Å²) in [5, 5.41) is 0.641. The number of anilines is 1. The molecule has 2 amide bonds. The highest BCUT2D eigenvalue weighted by molar-refractivity contribution is 6.22. The van der Waals surface area contributed by atoms with Gasteiger partial charge in [-0.2, -0.15) is 0 Å². The SMILES string of the molecule is CC[C@H](OC(=O)c1cc(-c2ccc(N3C(=O)[C@H]4[C@H]5CC[C@@H](C5)[C@@H]4C3=O)cc2)nc2ccc(C)cc12)C(=O)c1ccccc1. The van der Waals surface area contributed by atoms with E-state index in [-0.39, 0.29) is 29.4 Å². The van der Waals surface area contributed by atoms with Gasteiger partial charge in [-0.3, -0.25) is 19.3 Å². The van der Waals surface area contributed by atoms with Crippen LogP contribution in [0.25, 0.3) is 22.2 Å². The van der Waals surface area contributed by atoms with E-state index in [2.05, 4.69) is 0 Å². The van der Waals surface area contributed by atoms with E-state index < -0.39 is 12.1 Å². The summed E-state index contributed by atoms with van der Waals surface area (Å²) in [4.78, 5) is 59.5. The van der Waals surface area contributed by atoms with Crippen molar-refractivity contribution in [2.24, 2.45) is 23.7 Å². The van der Waals surface area contributed by atoms with Crippen molar-refractivity contribution in [1.29, 1.82) is 0 Å². The number of fused-ring (bicyclic) bond motifs is 6. The molecule has 3 fully saturated rings. The van der Waals surface area contributed by atoms with Crippen LogP contribution in [0.3, 0.4) is 0 Å². The van der Waals surface area contributed by atoms with E-state index in [0.29, 0.717) is 51.7 Å². The number of esters is 1. The lowest BCUT2D eigenvalue weighted by Gasteiger charge is -2.19. The van der Waals surface area contributed by atoms with Crippen LogP contribution in [0.1, 0.15) is 58.9 Å². The summed E-state index contributed by atoms with van der Waals surface area (Å²) in [6, 6.07) is 23.4. The van der Waals surface area contributed by atoms with Gasteiger partial charge in [0.25, 0.3) is 0 Å². The monoisotopic (exact) mass is 572 g/mol. The third-order valence-electron chi connectivity index (χ3n) is 9.50. The zero-order valence-electron chi connectivity index (χ0n) is 24.2. The van der Waals surface area contributed by atoms with Crippen molar-refractivity contribution >= 4 is 40.2 Å². The number of hydrogen-bond acceptors (Lipinski definition) is 6. The number of imide groups is 1.